The molecule has 3 rings (SSSR count). The van der Waals surface area contributed by atoms with Gasteiger partial charge in [0, 0.05) is 19.0 Å². The molecule has 5 nitrogen and oxygen atoms in total. The van der Waals surface area contributed by atoms with E-state index < -0.39 is 0 Å². The maximum Gasteiger partial charge on any atom is 0.242 e. The first kappa shape index (κ1) is 13.8. The summed E-state index contributed by atoms with van der Waals surface area (Å²) in [7, 11) is 1.79. The third-order valence-electron chi connectivity index (χ3n) is 3.70. The van der Waals surface area contributed by atoms with Crippen molar-refractivity contribution in [2.45, 2.75) is 13.5 Å². The van der Waals surface area contributed by atoms with Crippen LogP contribution in [0.4, 0.5) is 0 Å². The molecule has 0 unspecified atom stereocenters. The number of amides is 1. The normalized spacial score (nSPS) is 11.1. The molecule has 2 heterocycles. The maximum atomic E-state index is 12.2. The first-order valence-electron chi connectivity index (χ1n) is 6.82. The lowest BCUT2D eigenvalue weighted by molar-refractivity contribution is -0.130. The second-order valence-corrected chi connectivity index (χ2v) is 5.35. The van der Waals surface area contributed by atoms with E-state index in [1.807, 2.05) is 35.8 Å². The van der Waals surface area contributed by atoms with E-state index in [0.29, 0.717) is 11.3 Å². The number of H-pyrrole nitrogens is 1. The van der Waals surface area contributed by atoms with Gasteiger partial charge in [-0.15, -0.1) is 0 Å². The molecule has 0 saturated carbocycles. The molecule has 0 aliphatic rings. The molecule has 0 fully saturated rings. The zero-order valence-electron chi connectivity index (χ0n) is 12.0. The number of rotatable bonds is 3. The average Bonchev–Trinajstić information content (AvgIpc) is 2.82. The molecule has 0 saturated heterocycles. The SMILES string of the molecule is CCN(C)C(=O)Cn1c(=S)[nH]c2cnc3ccccc3c21. The Morgan fingerprint density at radius 1 is 1.43 bits per heavy atom. The van der Waals surface area contributed by atoms with E-state index in [4.69, 9.17) is 12.2 Å². The van der Waals surface area contributed by atoms with Gasteiger partial charge in [0.15, 0.2) is 4.77 Å². The van der Waals surface area contributed by atoms with Gasteiger partial charge >= 0.3 is 0 Å². The summed E-state index contributed by atoms with van der Waals surface area (Å²) < 4.78 is 2.39. The highest BCUT2D eigenvalue weighted by atomic mass is 32.1. The minimum absolute atomic E-state index is 0.0374. The third kappa shape index (κ3) is 2.31. The predicted octanol–water partition coefficient (Wildman–Crippen LogP) is 2.73. The quantitative estimate of drug-likeness (QED) is 0.757. The Morgan fingerprint density at radius 2 is 2.19 bits per heavy atom. The van der Waals surface area contributed by atoms with Crippen molar-refractivity contribution in [1.82, 2.24) is 19.4 Å². The van der Waals surface area contributed by atoms with Crippen molar-refractivity contribution < 1.29 is 4.79 Å². The van der Waals surface area contributed by atoms with Crippen molar-refractivity contribution in [1.29, 1.82) is 0 Å². The Labute approximate surface area is 127 Å². The summed E-state index contributed by atoms with van der Waals surface area (Å²) in [6, 6.07) is 7.86. The average molecular weight is 300 g/mol. The van der Waals surface area contributed by atoms with E-state index in [1.54, 1.807) is 18.1 Å². The van der Waals surface area contributed by atoms with Crippen molar-refractivity contribution >= 4 is 40.1 Å². The first-order chi connectivity index (χ1) is 10.1. The molecule has 0 atom stereocenters. The van der Waals surface area contributed by atoms with Crippen LogP contribution in [0.1, 0.15) is 6.92 Å². The largest absolute Gasteiger partial charge is 0.344 e. The van der Waals surface area contributed by atoms with E-state index in [2.05, 4.69) is 9.97 Å². The number of benzene rings is 1. The molecule has 1 amide bonds. The van der Waals surface area contributed by atoms with Crippen LogP contribution in [0.3, 0.4) is 0 Å². The molecule has 0 spiro atoms. The molecule has 0 aliphatic carbocycles. The third-order valence-corrected chi connectivity index (χ3v) is 4.02. The van der Waals surface area contributed by atoms with Gasteiger partial charge in [0.1, 0.15) is 6.54 Å². The molecule has 1 N–H and O–H groups in total. The molecule has 21 heavy (non-hydrogen) atoms. The van der Waals surface area contributed by atoms with E-state index in [-0.39, 0.29) is 12.5 Å². The number of hydrogen-bond donors (Lipinski definition) is 1. The molecule has 0 radical (unpaired) electrons. The molecular weight excluding hydrogens is 284 g/mol. The Balaban J connectivity index is 2.22. The molecule has 108 valence electrons. The first-order valence-corrected chi connectivity index (χ1v) is 7.23. The van der Waals surface area contributed by atoms with Crippen molar-refractivity contribution in [2.24, 2.45) is 0 Å². The number of nitrogens with zero attached hydrogens (tertiary/aromatic N) is 3. The number of nitrogens with one attached hydrogen (secondary N) is 1. The molecule has 3 aromatic rings. The number of imidazole rings is 1. The van der Waals surface area contributed by atoms with Gasteiger partial charge in [-0.2, -0.15) is 0 Å². The lowest BCUT2D eigenvalue weighted by Gasteiger charge is -2.15. The van der Waals surface area contributed by atoms with Crippen LogP contribution in [0.25, 0.3) is 21.9 Å². The summed E-state index contributed by atoms with van der Waals surface area (Å²) in [6.07, 6.45) is 1.76. The number of pyridine rings is 1. The van der Waals surface area contributed by atoms with Gasteiger partial charge in [0.2, 0.25) is 5.91 Å². The molecule has 1 aromatic carbocycles. The van der Waals surface area contributed by atoms with E-state index in [0.717, 1.165) is 21.9 Å². The van der Waals surface area contributed by atoms with Crippen LogP contribution in [0.15, 0.2) is 30.5 Å². The lowest BCUT2D eigenvalue weighted by atomic mass is 10.2. The van der Waals surface area contributed by atoms with Crippen LogP contribution in [0.5, 0.6) is 0 Å². The minimum Gasteiger partial charge on any atom is -0.344 e. The summed E-state index contributed by atoms with van der Waals surface area (Å²) in [4.78, 5) is 21.4. The fraction of sp³-hybridized carbons (Fsp3) is 0.267. The zero-order chi connectivity index (χ0) is 15.0. The molecule has 0 bridgehead atoms. The van der Waals surface area contributed by atoms with Crippen LogP contribution in [-0.2, 0) is 11.3 Å². The van der Waals surface area contributed by atoms with Crippen molar-refractivity contribution in [2.75, 3.05) is 13.6 Å². The van der Waals surface area contributed by atoms with Gasteiger partial charge in [-0.1, -0.05) is 18.2 Å². The topological polar surface area (TPSA) is 53.9 Å². The van der Waals surface area contributed by atoms with Crippen molar-refractivity contribution in [3.05, 3.63) is 35.2 Å². The Hall–Kier alpha value is -2.21. The number of hydrogen-bond acceptors (Lipinski definition) is 3. The monoisotopic (exact) mass is 300 g/mol. The van der Waals surface area contributed by atoms with Gasteiger partial charge in [0.25, 0.3) is 0 Å². The minimum atomic E-state index is 0.0374. The fourth-order valence-corrected chi connectivity index (χ4v) is 2.64. The van der Waals surface area contributed by atoms with Crippen LogP contribution < -0.4 is 0 Å². The number of likely N-dealkylation sites (N-methyl/N-ethyl adjacent to an activating group) is 1. The zero-order valence-corrected chi connectivity index (χ0v) is 12.8. The van der Waals surface area contributed by atoms with Gasteiger partial charge in [-0.3, -0.25) is 9.78 Å². The van der Waals surface area contributed by atoms with Crippen LogP contribution in [0.2, 0.25) is 0 Å². The van der Waals surface area contributed by atoms with Crippen molar-refractivity contribution in [3.63, 3.8) is 0 Å². The highest BCUT2D eigenvalue weighted by Gasteiger charge is 2.14. The maximum absolute atomic E-state index is 12.2. The number of carbonyl (C=O) groups is 1. The van der Waals surface area contributed by atoms with E-state index in [9.17, 15) is 4.79 Å². The van der Waals surface area contributed by atoms with Crippen LogP contribution in [0, 0.1) is 4.77 Å². The summed E-state index contributed by atoms with van der Waals surface area (Å²) >= 11 is 5.37. The van der Waals surface area contributed by atoms with Crippen molar-refractivity contribution in [3.8, 4) is 0 Å². The van der Waals surface area contributed by atoms with Gasteiger partial charge < -0.3 is 14.5 Å². The molecule has 6 heteroatoms. The standard InChI is InChI=1S/C15H16N4OS/c1-3-18(2)13(20)9-19-14-10-6-4-5-7-11(10)16-8-12(14)17-15(19)21/h4-8H,3,9H2,1-2H3,(H,17,21). The Kier molecular flexibility index (Phi) is 3.47. The number of aromatic nitrogens is 3. The number of aromatic amines is 1. The number of carbonyl (C=O) groups excluding carboxylic acids is 1. The number of para-hydroxylation sites is 1. The molecular formula is C15H16N4OS. The summed E-state index contributed by atoms with van der Waals surface area (Å²) in [6.45, 7) is 2.86. The summed E-state index contributed by atoms with van der Waals surface area (Å²) in [5.41, 5.74) is 2.68. The van der Waals surface area contributed by atoms with E-state index >= 15 is 0 Å². The second kappa shape index (κ2) is 5.29. The molecule has 2 aromatic heterocycles. The predicted molar refractivity (Wildman–Crippen MR) is 85.7 cm³/mol. The smallest absolute Gasteiger partial charge is 0.242 e. The lowest BCUT2D eigenvalue weighted by Crippen LogP contribution is -2.29. The highest BCUT2D eigenvalue weighted by molar-refractivity contribution is 7.71. The molecule has 0 aliphatic heterocycles. The van der Waals surface area contributed by atoms with Gasteiger partial charge in [-0.05, 0) is 25.2 Å². The van der Waals surface area contributed by atoms with Gasteiger partial charge in [-0.25, -0.2) is 0 Å². The summed E-state index contributed by atoms with van der Waals surface area (Å²) in [5, 5.41) is 0.995. The number of fused-ring (bicyclic) bond motifs is 3. The Morgan fingerprint density at radius 3 is 2.95 bits per heavy atom. The second-order valence-electron chi connectivity index (χ2n) is 4.96. The van der Waals surface area contributed by atoms with Crippen LogP contribution >= 0.6 is 12.2 Å². The fourth-order valence-electron chi connectivity index (χ4n) is 2.38. The van der Waals surface area contributed by atoms with Gasteiger partial charge in [0.05, 0.1) is 22.7 Å². The highest BCUT2D eigenvalue weighted by Crippen LogP contribution is 2.23. The van der Waals surface area contributed by atoms with E-state index in [1.165, 1.54) is 0 Å². The summed E-state index contributed by atoms with van der Waals surface area (Å²) in [5.74, 6) is 0.0374. The Bertz CT molecular complexity index is 880. The van der Waals surface area contributed by atoms with Crippen LogP contribution in [-0.4, -0.2) is 38.9 Å².